The van der Waals surface area contributed by atoms with Crippen molar-refractivity contribution in [2.45, 2.75) is 6.92 Å². The number of aromatic amines is 1. The third-order valence-electron chi connectivity index (χ3n) is 3.85. The number of hydrogen-bond donors (Lipinski definition) is 1. The molecular weight excluding hydrogens is 375 g/mol. The number of benzene rings is 2. The first-order valence-corrected chi connectivity index (χ1v) is 8.88. The van der Waals surface area contributed by atoms with E-state index in [2.05, 4.69) is 15.1 Å². The lowest BCUT2D eigenvalue weighted by Crippen LogP contribution is -2.17. The van der Waals surface area contributed by atoms with E-state index >= 15 is 0 Å². The van der Waals surface area contributed by atoms with Crippen LogP contribution < -0.4 is 5.56 Å². The molecule has 0 saturated heterocycles. The van der Waals surface area contributed by atoms with Crippen molar-refractivity contribution in [1.82, 2.24) is 14.8 Å². The molecule has 0 bridgehead atoms. The summed E-state index contributed by atoms with van der Waals surface area (Å²) < 4.78 is 15.4. The summed E-state index contributed by atoms with van der Waals surface area (Å²) in [6.07, 6.45) is 1.49. The van der Waals surface area contributed by atoms with Crippen LogP contribution in [0.15, 0.2) is 52.3 Å². The number of nitrogens with zero attached hydrogens (tertiary/aromatic N) is 3. The maximum Gasteiger partial charge on any atom is 0.280 e. The van der Waals surface area contributed by atoms with Gasteiger partial charge in [0.1, 0.15) is 5.82 Å². The van der Waals surface area contributed by atoms with Gasteiger partial charge >= 0.3 is 0 Å². The molecule has 130 valence electrons. The van der Waals surface area contributed by atoms with Gasteiger partial charge in [0.05, 0.1) is 21.5 Å². The first-order valence-electron chi connectivity index (χ1n) is 7.69. The highest BCUT2D eigenvalue weighted by Gasteiger charge is 2.11. The molecule has 26 heavy (non-hydrogen) atoms. The molecule has 5 nitrogen and oxygen atoms in total. The van der Waals surface area contributed by atoms with Crippen LogP contribution in [0.1, 0.15) is 11.3 Å². The summed E-state index contributed by atoms with van der Waals surface area (Å²) in [4.78, 5) is 21.4. The van der Waals surface area contributed by atoms with Gasteiger partial charge in [-0.15, -0.1) is 0 Å². The Balaban J connectivity index is 1.70. The molecule has 0 radical (unpaired) electrons. The summed E-state index contributed by atoms with van der Waals surface area (Å²) in [6, 6.07) is 11.1. The Labute approximate surface area is 156 Å². The van der Waals surface area contributed by atoms with Gasteiger partial charge in [0.25, 0.3) is 5.56 Å². The Morgan fingerprint density at radius 2 is 2.04 bits per heavy atom. The van der Waals surface area contributed by atoms with Gasteiger partial charge < -0.3 is 0 Å². The fraction of sp³-hybridized carbons (Fsp3) is 0.0556. The number of nitrogens with one attached hydrogen (secondary N) is 1. The van der Waals surface area contributed by atoms with E-state index in [4.69, 9.17) is 11.6 Å². The molecule has 8 heteroatoms. The summed E-state index contributed by atoms with van der Waals surface area (Å²) in [5.41, 5.74) is 2.18. The van der Waals surface area contributed by atoms with E-state index in [-0.39, 0.29) is 11.4 Å². The van der Waals surface area contributed by atoms with Crippen LogP contribution in [0.4, 0.5) is 9.52 Å². The molecule has 2 aromatic heterocycles. The highest BCUT2D eigenvalue weighted by molar-refractivity contribution is 7.22. The lowest BCUT2D eigenvalue weighted by Gasteiger charge is -2.00. The summed E-state index contributed by atoms with van der Waals surface area (Å²) in [7, 11) is 0. The van der Waals surface area contributed by atoms with Crippen LogP contribution in [0.5, 0.6) is 0 Å². The van der Waals surface area contributed by atoms with Gasteiger partial charge in [-0.1, -0.05) is 22.9 Å². The highest BCUT2D eigenvalue weighted by atomic mass is 35.5. The average molecular weight is 387 g/mol. The Hall–Kier alpha value is -2.77. The first-order chi connectivity index (χ1) is 12.5. The van der Waals surface area contributed by atoms with E-state index in [9.17, 15) is 9.18 Å². The van der Waals surface area contributed by atoms with E-state index in [1.165, 1.54) is 46.5 Å². The maximum absolute atomic E-state index is 13.1. The van der Waals surface area contributed by atoms with Crippen LogP contribution in [0.3, 0.4) is 0 Å². The number of aryl methyl sites for hydroxylation is 1. The van der Waals surface area contributed by atoms with E-state index < -0.39 is 0 Å². The average Bonchev–Trinajstić information content (AvgIpc) is 3.14. The van der Waals surface area contributed by atoms with E-state index in [0.29, 0.717) is 27.1 Å². The molecule has 0 aliphatic heterocycles. The molecule has 0 saturated carbocycles. The van der Waals surface area contributed by atoms with Gasteiger partial charge in [-0.25, -0.2) is 19.0 Å². The van der Waals surface area contributed by atoms with Crippen LogP contribution in [-0.4, -0.2) is 21.0 Å². The fourth-order valence-corrected chi connectivity index (χ4v) is 3.63. The minimum atomic E-state index is -0.359. The summed E-state index contributed by atoms with van der Waals surface area (Å²) in [5, 5.41) is 4.15. The molecule has 0 amide bonds. The Morgan fingerprint density at radius 1 is 1.27 bits per heavy atom. The van der Waals surface area contributed by atoms with E-state index in [0.717, 1.165) is 10.2 Å². The molecular formula is C18H12ClFN4OS. The van der Waals surface area contributed by atoms with Crippen LogP contribution in [0.2, 0.25) is 5.02 Å². The predicted octanol–water partition coefficient (Wildman–Crippen LogP) is 4.63. The lowest BCUT2D eigenvalue weighted by atomic mass is 10.3. The van der Waals surface area contributed by atoms with Crippen molar-refractivity contribution in [2.24, 2.45) is 4.99 Å². The summed E-state index contributed by atoms with van der Waals surface area (Å²) in [6.45, 7) is 1.78. The predicted molar refractivity (Wildman–Crippen MR) is 103 cm³/mol. The minimum Gasteiger partial charge on any atom is -0.295 e. The summed E-state index contributed by atoms with van der Waals surface area (Å²) in [5.74, 6) is -0.359. The number of aromatic nitrogens is 3. The normalized spacial score (nSPS) is 11.7. The second-order valence-corrected chi connectivity index (χ2v) is 7.08. The van der Waals surface area contributed by atoms with E-state index in [1.807, 2.05) is 12.1 Å². The lowest BCUT2D eigenvalue weighted by molar-refractivity contribution is 0.627. The largest absolute Gasteiger partial charge is 0.295 e. The smallest absolute Gasteiger partial charge is 0.280 e. The maximum atomic E-state index is 13.1. The van der Waals surface area contributed by atoms with Crippen LogP contribution in [-0.2, 0) is 0 Å². The zero-order valence-corrected chi connectivity index (χ0v) is 15.1. The monoisotopic (exact) mass is 386 g/mol. The molecule has 2 aromatic carbocycles. The number of fused-ring (bicyclic) bond motifs is 1. The molecule has 1 N–H and O–H groups in total. The van der Waals surface area contributed by atoms with Gasteiger partial charge in [0, 0.05) is 16.9 Å². The molecule has 0 spiro atoms. The van der Waals surface area contributed by atoms with Crippen molar-refractivity contribution in [3.8, 4) is 5.69 Å². The van der Waals surface area contributed by atoms with Crippen molar-refractivity contribution >= 4 is 44.5 Å². The molecule has 0 fully saturated rings. The van der Waals surface area contributed by atoms with Crippen LogP contribution in [0.25, 0.3) is 15.9 Å². The van der Waals surface area contributed by atoms with Gasteiger partial charge in [-0.3, -0.25) is 9.89 Å². The standard InChI is InChI=1S/C18H12ClFN4OS/c1-10-14(17(25)24(23-10)13-5-3-12(20)4-6-13)9-21-18-22-15-7-2-11(19)8-16(15)26-18/h2-9,23H,1H3/b21-9+. The first kappa shape index (κ1) is 16.7. The number of rotatable bonds is 3. The zero-order valence-electron chi connectivity index (χ0n) is 13.5. The molecule has 0 unspecified atom stereocenters. The number of H-pyrrole nitrogens is 1. The zero-order chi connectivity index (χ0) is 18.3. The molecule has 0 atom stereocenters. The van der Waals surface area contributed by atoms with Gasteiger partial charge in [0.15, 0.2) is 0 Å². The van der Waals surface area contributed by atoms with Gasteiger partial charge in [0.2, 0.25) is 5.13 Å². The minimum absolute atomic E-state index is 0.262. The number of hydrogen-bond acceptors (Lipinski definition) is 4. The SMILES string of the molecule is Cc1[nH]n(-c2ccc(F)cc2)c(=O)c1/C=N/c1nc2ccc(Cl)cc2s1. The van der Waals surface area contributed by atoms with E-state index in [1.54, 1.807) is 13.0 Å². The highest BCUT2D eigenvalue weighted by Crippen LogP contribution is 2.29. The second kappa shape index (κ2) is 6.51. The van der Waals surface area contributed by atoms with Crippen molar-refractivity contribution in [3.05, 3.63) is 74.9 Å². The van der Waals surface area contributed by atoms with Crippen molar-refractivity contribution in [3.63, 3.8) is 0 Å². The quantitative estimate of drug-likeness (QED) is 0.522. The van der Waals surface area contributed by atoms with Crippen LogP contribution >= 0.6 is 22.9 Å². The molecule has 4 aromatic rings. The summed E-state index contributed by atoms with van der Waals surface area (Å²) >= 11 is 7.37. The Kier molecular flexibility index (Phi) is 4.18. The molecule has 2 heterocycles. The molecule has 0 aliphatic carbocycles. The fourth-order valence-electron chi connectivity index (χ4n) is 2.54. The van der Waals surface area contributed by atoms with Crippen LogP contribution in [0, 0.1) is 12.7 Å². The van der Waals surface area contributed by atoms with Gasteiger partial charge in [-0.05, 0) is 49.4 Å². The van der Waals surface area contributed by atoms with Crippen molar-refractivity contribution in [2.75, 3.05) is 0 Å². The second-order valence-electron chi connectivity index (χ2n) is 5.63. The molecule has 4 rings (SSSR count). The van der Waals surface area contributed by atoms with Crippen molar-refractivity contribution < 1.29 is 4.39 Å². The topological polar surface area (TPSA) is 63.0 Å². The third-order valence-corrected chi connectivity index (χ3v) is 5.01. The Morgan fingerprint density at radius 3 is 2.81 bits per heavy atom. The van der Waals surface area contributed by atoms with Gasteiger partial charge in [-0.2, -0.15) is 0 Å². The van der Waals surface area contributed by atoms with Crippen molar-refractivity contribution in [1.29, 1.82) is 0 Å². The number of thiazole rings is 1. The number of halogens is 2. The molecule has 0 aliphatic rings. The third kappa shape index (κ3) is 3.07. The number of aliphatic imine (C=N–C) groups is 1. The Bertz CT molecular complexity index is 1190.